The maximum Gasteiger partial charge on any atom is 0.171 e. The number of thiocarbonyl (C=S) groups is 1. The van der Waals surface area contributed by atoms with Crippen molar-refractivity contribution in [2.24, 2.45) is 0 Å². The number of nitrogens with one attached hydrogen (secondary N) is 2. The van der Waals surface area contributed by atoms with Gasteiger partial charge in [-0.15, -0.1) is 11.3 Å². The number of methoxy groups -OCH3 is 1. The summed E-state index contributed by atoms with van der Waals surface area (Å²) < 4.78 is 5.14. The maximum absolute atomic E-state index is 5.34. The standard InChI is InChI=1S/C19H19N3OS2/c1-13-21-18(12-25-13)15-5-3-14(4-6-15)11-20-19(24)22-16-7-9-17(23-2)10-8-16/h3-10,12H,11H2,1-2H3,(H2,20,22,24). The Morgan fingerprint density at radius 1 is 1.12 bits per heavy atom. The van der Waals surface area contributed by atoms with E-state index in [4.69, 9.17) is 17.0 Å². The largest absolute Gasteiger partial charge is 0.497 e. The highest BCUT2D eigenvalue weighted by Gasteiger charge is 2.03. The van der Waals surface area contributed by atoms with Crippen molar-refractivity contribution in [1.82, 2.24) is 10.3 Å². The van der Waals surface area contributed by atoms with E-state index in [-0.39, 0.29) is 0 Å². The molecule has 0 radical (unpaired) electrons. The summed E-state index contributed by atoms with van der Waals surface area (Å²) in [6, 6.07) is 16.0. The summed E-state index contributed by atoms with van der Waals surface area (Å²) in [6.07, 6.45) is 0. The Morgan fingerprint density at radius 2 is 1.84 bits per heavy atom. The number of thiazole rings is 1. The van der Waals surface area contributed by atoms with E-state index in [9.17, 15) is 0 Å². The minimum absolute atomic E-state index is 0.587. The molecule has 3 aromatic rings. The Kier molecular flexibility index (Phi) is 5.63. The summed E-state index contributed by atoms with van der Waals surface area (Å²) in [5.41, 5.74) is 4.24. The summed E-state index contributed by atoms with van der Waals surface area (Å²) in [4.78, 5) is 4.51. The van der Waals surface area contributed by atoms with Crippen LogP contribution in [-0.4, -0.2) is 17.2 Å². The van der Waals surface area contributed by atoms with Crippen LogP contribution in [0, 0.1) is 6.92 Å². The molecule has 3 rings (SSSR count). The molecule has 0 unspecified atom stereocenters. The zero-order valence-corrected chi connectivity index (χ0v) is 15.7. The van der Waals surface area contributed by atoms with Crippen molar-refractivity contribution in [3.63, 3.8) is 0 Å². The van der Waals surface area contributed by atoms with Crippen molar-refractivity contribution in [1.29, 1.82) is 0 Å². The summed E-state index contributed by atoms with van der Waals surface area (Å²) in [6.45, 7) is 2.68. The van der Waals surface area contributed by atoms with Gasteiger partial charge in [-0.05, 0) is 49.0 Å². The van der Waals surface area contributed by atoms with Crippen LogP contribution in [0.15, 0.2) is 53.9 Å². The number of benzene rings is 2. The van der Waals surface area contributed by atoms with Crippen molar-refractivity contribution in [3.8, 4) is 17.0 Å². The quantitative estimate of drug-likeness (QED) is 0.643. The second kappa shape index (κ2) is 8.09. The van der Waals surface area contributed by atoms with Crippen LogP contribution in [-0.2, 0) is 6.54 Å². The second-order valence-electron chi connectivity index (χ2n) is 5.48. The average molecular weight is 370 g/mol. The first-order valence-corrected chi connectivity index (χ1v) is 9.13. The molecule has 2 aromatic carbocycles. The first kappa shape index (κ1) is 17.4. The fraction of sp³-hybridized carbons (Fsp3) is 0.158. The van der Waals surface area contributed by atoms with Gasteiger partial charge in [0.05, 0.1) is 17.8 Å². The van der Waals surface area contributed by atoms with Crippen LogP contribution < -0.4 is 15.4 Å². The molecule has 128 valence electrons. The first-order valence-electron chi connectivity index (χ1n) is 7.84. The molecule has 0 aliphatic heterocycles. The van der Waals surface area contributed by atoms with Crippen molar-refractivity contribution >= 4 is 34.4 Å². The van der Waals surface area contributed by atoms with E-state index < -0.39 is 0 Å². The summed E-state index contributed by atoms with van der Waals surface area (Å²) in [7, 11) is 1.65. The van der Waals surface area contributed by atoms with Crippen LogP contribution >= 0.6 is 23.6 Å². The van der Waals surface area contributed by atoms with E-state index in [1.54, 1.807) is 18.4 Å². The van der Waals surface area contributed by atoms with Gasteiger partial charge in [0.25, 0.3) is 0 Å². The van der Waals surface area contributed by atoms with Gasteiger partial charge >= 0.3 is 0 Å². The predicted octanol–water partition coefficient (Wildman–Crippen LogP) is 4.61. The molecule has 0 spiro atoms. The van der Waals surface area contributed by atoms with E-state index >= 15 is 0 Å². The van der Waals surface area contributed by atoms with Gasteiger partial charge in [0.2, 0.25) is 0 Å². The Balaban J connectivity index is 1.53. The van der Waals surface area contributed by atoms with Gasteiger partial charge in [0.1, 0.15) is 5.75 Å². The SMILES string of the molecule is COc1ccc(NC(=S)NCc2ccc(-c3csc(C)n3)cc2)cc1. The van der Waals surface area contributed by atoms with Gasteiger partial charge < -0.3 is 15.4 Å². The molecule has 1 heterocycles. The molecule has 0 aliphatic carbocycles. The van der Waals surface area contributed by atoms with Gasteiger partial charge in [-0.2, -0.15) is 0 Å². The number of hydrogen-bond donors (Lipinski definition) is 2. The smallest absolute Gasteiger partial charge is 0.171 e. The van der Waals surface area contributed by atoms with Gasteiger partial charge in [-0.25, -0.2) is 4.98 Å². The fourth-order valence-corrected chi connectivity index (χ4v) is 3.13. The van der Waals surface area contributed by atoms with Crippen LogP contribution in [0.3, 0.4) is 0 Å². The number of nitrogens with zero attached hydrogens (tertiary/aromatic N) is 1. The molecule has 0 atom stereocenters. The summed E-state index contributed by atoms with van der Waals surface area (Å²) in [5, 5.41) is 10.1. The molecule has 1 aromatic heterocycles. The first-order chi connectivity index (χ1) is 12.1. The Bertz CT molecular complexity index is 842. The zero-order valence-electron chi connectivity index (χ0n) is 14.1. The van der Waals surface area contributed by atoms with Crippen molar-refractivity contribution in [2.75, 3.05) is 12.4 Å². The molecule has 6 heteroatoms. The molecular weight excluding hydrogens is 350 g/mol. The Morgan fingerprint density at radius 3 is 2.44 bits per heavy atom. The third-order valence-corrected chi connectivity index (χ3v) is 4.69. The highest BCUT2D eigenvalue weighted by Crippen LogP contribution is 2.21. The third kappa shape index (κ3) is 4.78. The highest BCUT2D eigenvalue weighted by atomic mass is 32.1. The van der Waals surface area contributed by atoms with Gasteiger partial charge in [0, 0.05) is 23.2 Å². The lowest BCUT2D eigenvalue weighted by Crippen LogP contribution is -2.27. The predicted molar refractivity (Wildman–Crippen MR) is 108 cm³/mol. The second-order valence-corrected chi connectivity index (χ2v) is 6.96. The van der Waals surface area contributed by atoms with Crippen LogP contribution in [0.4, 0.5) is 5.69 Å². The Labute approximate surface area is 156 Å². The monoisotopic (exact) mass is 369 g/mol. The molecule has 0 saturated carbocycles. The molecule has 25 heavy (non-hydrogen) atoms. The summed E-state index contributed by atoms with van der Waals surface area (Å²) in [5.74, 6) is 0.819. The third-order valence-electron chi connectivity index (χ3n) is 3.67. The van der Waals surface area contributed by atoms with Crippen molar-refractivity contribution in [3.05, 3.63) is 64.5 Å². The maximum atomic E-state index is 5.34. The van der Waals surface area contributed by atoms with Crippen LogP contribution in [0.5, 0.6) is 5.75 Å². The molecule has 0 amide bonds. The molecule has 2 N–H and O–H groups in total. The zero-order chi connectivity index (χ0) is 17.6. The lowest BCUT2D eigenvalue weighted by atomic mass is 10.1. The van der Waals surface area contributed by atoms with E-state index in [0.717, 1.165) is 33.3 Å². The molecule has 0 fully saturated rings. The topological polar surface area (TPSA) is 46.2 Å². The van der Waals surface area contributed by atoms with Gasteiger partial charge in [-0.1, -0.05) is 24.3 Å². The van der Waals surface area contributed by atoms with Crippen LogP contribution in [0.2, 0.25) is 0 Å². The van der Waals surface area contributed by atoms with Gasteiger partial charge in [0.15, 0.2) is 5.11 Å². The van der Waals surface area contributed by atoms with Crippen LogP contribution in [0.25, 0.3) is 11.3 Å². The number of rotatable bonds is 5. The van der Waals surface area contributed by atoms with E-state index in [1.807, 2.05) is 31.2 Å². The number of aryl methyl sites for hydroxylation is 1. The molecule has 0 aliphatic rings. The molecule has 0 saturated heterocycles. The number of aromatic nitrogens is 1. The Hall–Kier alpha value is -2.44. The van der Waals surface area contributed by atoms with Crippen molar-refractivity contribution < 1.29 is 4.74 Å². The van der Waals surface area contributed by atoms with Crippen LogP contribution in [0.1, 0.15) is 10.6 Å². The fourth-order valence-electron chi connectivity index (χ4n) is 2.32. The van der Waals surface area contributed by atoms with E-state index in [0.29, 0.717) is 11.7 Å². The lowest BCUT2D eigenvalue weighted by molar-refractivity contribution is 0.415. The van der Waals surface area contributed by atoms with E-state index in [1.165, 1.54) is 0 Å². The minimum Gasteiger partial charge on any atom is -0.497 e. The summed E-state index contributed by atoms with van der Waals surface area (Å²) >= 11 is 7.00. The molecule has 0 bridgehead atoms. The van der Waals surface area contributed by atoms with Crippen molar-refractivity contribution in [2.45, 2.75) is 13.5 Å². The molecular formula is C19H19N3OS2. The van der Waals surface area contributed by atoms with Gasteiger partial charge in [-0.3, -0.25) is 0 Å². The number of ether oxygens (including phenoxy) is 1. The highest BCUT2D eigenvalue weighted by molar-refractivity contribution is 7.80. The number of hydrogen-bond acceptors (Lipinski definition) is 4. The number of anilines is 1. The van der Waals surface area contributed by atoms with E-state index in [2.05, 4.69) is 45.3 Å². The minimum atomic E-state index is 0.587. The normalized spacial score (nSPS) is 10.3. The average Bonchev–Trinajstić information content (AvgIpc) is 3.07. The lowest BCUT2D eigenvalue weighted by Gasteiger charge is -2.11. The molecule has 4 nitrogen and oxygen atoms in total.